The van der Waals surface area contributed by atoms with Crippen molar-refractivity contribution in [3.63, 3.8) is 0 Å². The van der Waals surface area contributed by atoms with Crippen molar-refractivity contribution in [1.82, 2.24) is 5.32 Å². The van der Waals surface area contributed by atoms with E-state index in [1.807, 2.05) is 19.9 Å². The van der Waals surface area contributed by atoms with E-state index >= 15 is 0 Å². The summed E-state index contributed by atoms with van der Waals surface area (Å²) in [6, 6.07) is 7.17. The molecule has 112 valence electrons. The third-order valence-corrected chi connectivity index (χ3v) is 4.90. The fraction of sp³-hybridized carbons (Fsp3) is 0.267. The molecule has 1 heterocycles. The Morgan fingerprint density at radius 2 is 2.10 bits per heavy atom. The van der Waals surface area contributed by atoms with Crippen molar-refractivity contribution in [3.8, 4) is 0 Å². The lowest BCUT2D eigenvalue weighted by atomic mass is 10.1. The van der Waals surface area contributed by atoms with Crippen LogP contribution in [0.2, 0.25) is 10.0 Å². The molecule has 1 unspecified atom stereocenters. The van der Waals surface area contributed by atoms with Gasteiger partial charge < -0.3 is 10.4 Å². The highest BCUT2D eigenvalue weighted by atomic mass is 35.5. The van der Waals surface area contributed by atoms with Gasteiger partial charge in [0.25, 0.3) is 0 Å². The first kappa shape index (κ1) is 16.3. The number of rotatable bonds is 5. The zero-order valence-electron chi connectivity index (χ0n) is 11.6. The predicted octanol–water partition coefficient (Wildman–Crippen LogP) is 4.91. The molecule has 0 aliphatic carbocycles. The molecule has 0 saturated carbocycles. The van der Waals surface area contributed by atoms with Crippen LogP contribution >= 0.6 is 34.5 Å². The standard InChI is InChI=1S/C15H15Cl2NO2S/c1-8(12-4-3-11(16)6-13(12)17)18-7-10-5-14(15(19)20)21-9(10)2/h3-6,8,18H,7H2,1-2H3,(H,19,20). The number of nitrogens with one attached hydrogen (secondary N) is 1. The molecule has 1 atom stereocenters. The fourth-order valence-corrected chi connectivity index (χ4v) is 3.48. The van der Waals surface area contributed by atoms with E-state index in [1.165, 1.54) is 11.3 Å². The Labute approximate surface area is 137 Å². The molecule has 2 aromatic rings. The monoisotopic (exact) mass is 343 g/mol. The summed E-state index contributed by atoms with van der Waals surface area (Å²) in [7, 11) is 0. The number of aryl methyl sites for hydroxylation is 1. The Morgan fingerprint density at radius 3 is 2.67 bits per heavy atom. The smallest absolute Gasteiger partial charge is 0.345 e. The lowest BCUT2D eigenvalue weighted by Gasteiger charge is -2.16. The molecule has 0 bridgehead atoms. The molecule has 6 heteroatoms. The zero-order valence-corrected chi connectivity index (χ0v) is 13.9. The van der Waals surface area contributed by atoms with Crippen molar-refractivity contribution < 1.29 is 9.90 Å². The molecule has 1 aromatic heterocycles. The SMILES string of the molecule is Cc1sc(C(=O)O)cc1CNC(C)c1ccc(Cl)cc1Cl. The van der Waals surface area contributed by atoms with Crippen LogP contribution in [-0.4, -0.2) is 11.1 Å². The summed E-state index contributed by atoms with van der Waals surface area (Å²) in [6.45, 7) is 4.53. The van der Waals surface area contributed by atoms with Crippen molar-refractivity contribution in [2.45, 2.75) is 26.4 Å². The molecule has 0 spiro atoms. The third-order valence-electron chi connectivity index (χ3n) is 3.26. The van der Waals surface area contributed by atoms with Gasteiger partial charge in [0, 0.05) is 27.5 Å². The number of hydrogen-bond donors (Lipinski definition) is 2. The molecule has 0 saturated heterocycles. The van der Waals surface area contributed by atoms with Crippen LogP contribution in [0.3, 0.4) is 0 Å². The largest absolute Gasteiger partial charge is 0.477 e. The van der Waals surface area contributed by atoms with Gasteiger partial charge in [-0.25, -0.2) is 4.79 Å². The molecule has 0 radical (unpaired) electrons. The van der Waals surface area contributed by atoms with E-state index in [4.69, 9.17) is 28.3 Å². The Kier molecular flexibility index (Phi) is 5.27. The second-order valence-corrected chi connectivity index (χ2v) is 6.87. The second-order valence-electron chi connectivity index (χ2n) is 4.77. The van der Waals surface area contributed by atoms with E-state index in [-0.39, 0.29) is 6.04 Å². The van der Waals surface area contributed by atoms with Gasteiger partial charge in [0.1, 0.15) is 4.88 Å². The lowest BCUT2D eigenvalue weighted by Crippen LogP contribution is -2.18. The van der Waals surface area contributed by atoms with Crippen molar-refractivity contribution in [3.05, 3.63) is 55.2 Å². The summed E-state index contributed by atoms with van der Waals surface area (Å²) in [6.07, 6.45) is 0. The predicted molar refractivity (Wildman–Crippen MR) is 87.7 cm³/mol. The number of carboxylic acids is 1. The maximum absolute atomic E-state index is 11.0. The van der Waals surface area contributed by atoms with Crippen molar-refractivity contribution in [1.29, 1.82) is 0 Å². The highest BCUT2D eigenvalue weighted by molar-refractivity contribution is 7.14. The summed E-state index contributed by atoms with van der Waals surface area (Å²) in [5.74, 6) is -0.886. The van der Waals surface area contributed by atoms with Gasteiger partial charge in [0.15, 0.2) is 0 Å². The number of carbonyl (C=O) groups is 1. The normalized spacial score (nSPS) is 12.4. The Bertz CT molecular complexity index is 670. The van der Waals surface area contributed by atoms with Gasteiger partial charge in [-0.3, -0.25) is 0 Å². The number of aromatic carboxylic acids is 1. The number of thiophene rings is 1. The van der Waals surface area contributed by atoms with Gasteiger partial charge in [-0.1, -0.05) is 29.3 Å². The molecular weight excluding hydrogens is 329 g/mol. The van der Waals surface area contributed by atoms with E-state index in [1.54, 1.807) is 18.2 Å². The average Bonchev–Trinajstić information content (AvgIpc) is 2.77. The van der Waals surface area contributed by atoms with Crippen molar-refractivity contribution in [2.24, 2.45) is 0 Å². The highest BCUT2D eigenvalue weighted by Crippen LogP contribution is 2.27. The molecule has 0 amide bonds. The maximum atomic E-state index is 11.0. The van der Waals surface area contributed by atoms with Crippen LogP contribution in [0.25, 0.3) is 0 Å². The van der Waals surface area contributed by atoms with Crippen LogP contribution in [0.15, 0.2) is 24.3 Å². The van der Waals surface area contributed by atoms with Crippen LogP contribution in [0.5, 0.6) is 0 Å². The quantitative estimate of drug-likeness (QED) is 0.810. The number of carboxylic acid groups (broad SMARTS) is 1. The van der Waals surface area contributed by atoms with Gasteiger partial charge in [0.05, 0.1) is 0 Å². The Morgan fingerprint density at radius 1 is 1.38 bits per heavy atom. The number of hydrogen-bond acceptors (Lipinski definition) is 3. The van der Waals surface area contributed by atoms with E-state index in [0.29, 0.717) is 21.5 Å². The summed E-state index contributed by atoms with van der Waals surface area (Å²) >= 11 is 13.4. The van der Waals surface area contributed by atoms with Crippen LogP contribution in [0, 0.1) is 6.92 Å². The van der Waals surface area contributed by atoms with E-state index in [2.05, 4.69) is 5.32 Å². The minimum absolute atomic E-state index is 0.0438. The van der Waals surface area contributed by atoms with Gasteiger partial charge in [-0.05, 0) is 43.2 Å². The zero-order chi connectivity index (χ0) is 15.6. The summed E-state index contributed by atoms with van der Waals surface area (Å²) in [5, 5.41) is 13.6. The topological polar surface area (TPSA) is 49.3 Å². The molecule has 0 aliphatic rings. The highest BCUT2D eigenvalue weighted by Gasteiger charge is 2.13. The minimum atomic E-state index is -0.886. The van der Waals surface area contributed by atoms with Crippen LogP contribution in [0.4, 0.5) is 0 Å². The molecule has 0 aliphatic heterocycles. The average molecular weight is 344 g/mol. The van der Waals surface area contributed by atoms with Gasteiger partial charge in [0.2, 0.25) is 0 Å². The number of halogens is 2. The van der Waals surface area contributed by atoms with E-state index in [9.17, 15) is 4.79 Å². The molecule has 1 aromatic carbocycles. The summed E-state index contributed by atoms with van der Waals surface area (Å²) in [5.41, 5.74) is 1.96. The maximum Gasteiger partial charge on any atom is 0.345 e. The lowest BCUT2D eigenvalue weighted by molar-refractivity contribution is 0.0702. The molecule has 2 rings (SSSR count). The third kappa shape index (κ3) is 3.98. The van der Waals surface area contributed by atoms with Crippen molar-refractivity contribution in [2.75, 3.05) is 0 Å². The summed E-state index contributed by atoms with van der Waals surface area (Å²) in [4.78, 5) is 12.3. The molecule has 3 nitrogen and oxygen atoms in total. The summed E-state index contributed by atoms with van der Waals surface area (Å²) < 4.78 is 0. The van der Waals surface area contributed by atoms with Crippen LogP contribution < -0.4 is 5.32 Å². The van der Waals surface area contributed by atoms with Crippen LogP contribution in [0.1, 0.15) is 38.6 Å². The first-order chi connectivity index (χ1) is 9.88. The first-order valence-corrected chi connectivity index (χ1v) is 7.96. The van der Waals surface area contributed by atoms with E-state index in [0.717, 1.165) is 16.0 Å². The first-order valence-electron chi connectivity index (χ1n) is 6.39. The molecular formula is C15H15Cl2NO2S. The van der Waals surface area contributed by atoms with Crippen LogP contribution in [-0.2, 0) is 6.54 Å². The van der Waals surface area contributed by atoms with Crippen molar-refractivity contribution >= 4 is 40.5 Å². The Balaban J connectivity index is 2.07. The van der Waals surface area contributed by atoms with Gasteiger partial charge >= 0.3 is 5.97 Å². The molecule has 0 fully saturated rings. The van der Waals surface area contributed by atoms with E-state index < -0.39 is 5.97 Å². The van der Waals surface area contributed by atoms with Gasteiger partial charge in [-0.15, -0.1) is 11.3 Å². The molecule has 21 heavy (non-hydrogen) atoms. The minimum Gasteiger partial charge on any atom is -0.477 e. The number of benzene rings is 1. The second kappa shape index (κ2) is 6.79. The molecule has 2 N–H and O–H groups in total. The Hall–Kier alpha value is -1.07. The van der Waals surface area contributed by atoms with Gasteiger partial charge in [-0.2, -0.15) is 0 Å². The fourth-order valence-electron chi connectivity index (χ4n) is 2.03.